The fourth-order valence-corrected chi connectivity index (χ4v) is 10.3. The van der Waals surface area contributed by atoms with Gasteiger partial charge in [0.15, 0.2) is 9.84 Å². The molecule has 6 atom stereocenters. The van der Waals surface area contributed by atoms with E-state index in [9.17, 15) is 8.42 Å². The zero-order chi connectivity index (χ0) is 20.4. The zero-order valence-corrected chi connectivity index (χ0v) is 19.6. The molecule has 164 valence electrons. The Morgan fingerprint density at radius 2 is 1.75 bits per heavy atom. The number of hydrogen-bond donors (Lipinski definition) is 0. The van der Waals surface area contributed by atoms with Crippen molar-refractivity contribution in [1.82, 2.24) is 0 Å². The first-order chi connectivity index (χ1) is 13.4. The molecule has 3 fully saturated rings. The van der Waals surface area contributed by atoms with E-state index in [1.54, 1.807) is 0 Å². The van der Waals surface area contributed by atoms with Gasteiger partial charge < -0.3 is 4.74 Å². The third-order valence-electron chi connectivity index (χ3n) is 9.03. The Morgan fingerprint density at radius 1 is 1.04 bits per heavy atom. The molecule has 28 heavy (non-hydrogen) atoms. The Balaban J connectivity index is 2.04. The second-order valence-electron chi connectivity index (χ2n) is 10.3. The van der Waals surface area contributed by atoms with Crippen LogP contribution in [-0.2, 0) is 14.6 Å². The van der Waals surface area contributed by atoms with Crippen molar-refractivity contribution in [3.05, 3.63) is 0 Å². The monoisotopic (exact) mass is 412 g/mol. The van der Waals surface area contributed by atoms with Crippen LogP contribution in [0.2, 0.25) is 0 Å². The predicted molar refractivity (Wildman–Crippen MR) is 117 cm³/mol. The Kier molecular flexibility index (Phi) is 7.56. The summed E-state index contributed by atoms with van der Waals surface area (Å²) in [6.07, 6.45) is 14.0. The average Bonchev–Trinajstić information content (AvgIpc) is 2.78. The summed E-state index contributed by atoms with van der Waals surface area (Å²) in [6.45, 7) is 6.93. The van der Waals surface area contributed by atoms with Gasteiger partial charge in [0, 0.05) is 7.11 Å². The molecular formula is C24H44O3S. The van der Waals surface area contributed by atoms with Gasteiger partial charge in [-0.3, -0.25) is 0 Å². The number of sulfone groups is 1. The topological polar surface area (TPSA) is 43.4 Å². The largest absolute Gasteiger partial charge is 0.381 e. The Bertz CT molecular complexity index is 595. The molecule has 0 radical (unpaired) electrons. The van der Waals surface area contributed by atoms with Crippen LogP contribution in [0.4, 0.5) is 0 Å². The van der Waals surface area contributed by atoms with Crippen molar-refractivity contribution in [3.8, 4) is 0 Å². The number of fused-ring (bicyclic) bond motifs is 1. The van der Waals surface area contributed by atoms with Gasteiger partial charge in [0.25, 0.3) is 0 Å². The van der Waals surface area contributed by atoms with Crippen molar-refractivity contribution in [2.45, 2.75) is 109 Å². The summed E-state index contributed by atoms with van der Waals surface area (Å²) in [5, 5.41) is -0.122. The van der Waals surface area contributed by atoms with Gasteiger partial charge in [0.1, 0.15) is 0 Å². The summed E-state index contributed by atoms with van der Waals surface area (Å²) >= 11 is 0. The van der Waals surface area contributed by atoms with Gasteiger partial charge in [-0.15, -0.1) is 0 Å². The molecule has 3 aliphatic rings. The van der Waals surface area contributed by atoms with Crippen LogP contribution in [0.1, 0.15) is 97.8 Å². The lowest BCUT2D eigenvalue weighted by Gasteiger charge is -2.48. The van der Waals surface area contributed by atoms with Crippen LogP contribution >= 0.6 is 0 Å². The molecule has 0 bridgehead atoms. The number of ether oxygens (including phenoxy) is 1. The summed E-state index contributed by atoms with van der Waals surface area (Å²) in [6, 6.07) is 0. The van der Waals surface area contributed by atoms with Crippen LogP contribution in [0.15, 0.2) is 0 Å². The minimum atomic E-state index is -3.06. The predicted octanol–water partition coefficient (Wildman–Crippen LogP) is 6.02. The number of hydrogen-bond acceptors (Lipinski definition) is 3. The lowest BCUT2D eigenvalue weighted by molar-refractivity contribution is -0.0123. The molecule has 1 saturated heterocycles. The van der Waals surface area contributed by atoms with E-state index in [1.165, 1.54) is 32.1 Å². The van der Waals surface area contributed by atoms with E-state index >= 15 is 0 Å². The number of rotatable bonds is 6. The minimum Gasteiger partial charge on any atom is -0.381 e. The molecular weight excluding hydrogens is 368 g/mol. The van der Waals surface area contributed by atoms with Gasteiger partial charge in [-0.1, -0.05) is 65.7 Å². The lowest BCUT2D eigenvalue weighted by Crippen LogP contribution is -2.44. The van der Waals surface area contributed by atoms with Gasteiger partial charge in [0.2, 0.25) is 0 Å². The Labute approximate surface area is 174 Å². The first kappa shape index (κ1) is 22.6. The fourth-order valence-electron chi connectivity index (χ4n) is 7.33. The summed E-state index contributed by atoms with van der Waals surface area (Å²) in [7, 11) is -1.25. The second kappa shape index (κ2) is 9.37. The molecule has 1 aliphatic heterocycles. The molecule has 0 aromatic carbocycles. The molecule has 3 nitrogen and oxygen atoms in total. The molecule has 0 amide bonds. The normalized spacial score (nSPS) is 41.9. The van der Waals surface area contributed by atoms with Crippen molar-refractivity contribution in [1.29, 1.82) is 0 Å². The zero-order valence-electron chi connectivity index (χ0n) is 18.8. The van der Waals surface area contributed by atoms with Crippen LogP contribution in [-0.4, -0.2) is 32.6 Å². The van der Waals surface area contributed by atoms with Crippen molar-refractivity contribution in [2.24, 2.45) is 29.1 Å². The first-order valence-corrected chi connectivity index (χ1v) is 13.8. The van der Waals surface area contributed by atoms with Crippen molar-refractivity contribution < 1.29 is 13.2 Å². The molecule has 1 heterocycles. The highest BCUT2D eigenvalue weighted by Gasteiger charge is 2.55. The maximum Gasteiger partial charge on any atom is 0.154 e. The third-order valence-corrected chi connectivity index (χ3v) is 11.5. The van der Waals surface area contributed by atoms with E-state index in [2.05, 4.69) is 20.8 Å². The third kappa shape index (κ3) is 4.33. The summed E-state index contributed by atoms with van der Waals surface area (Å²) in [4.78, 5) is 0. The van der Waals surface area contributed by atoms with E-state index < -0.39 is 9.84 Å². The first-order valence-electron chi connectivity index (χ1n) is 12.1. The standard InChI is InChI=1S/C24H44O3S/c1-5-7-15-24(6-2)17-28(25,26)22-14-13-20(27-4)16-21(22)23(18(24)3)19-11-9-8-10-12-19/h18-23H,5-17H2,1-4H3/t18-,20?,21?,22?,23-,24-/m1/s1. The van der Waals surface area contributed by atoms with Crippen LogP contribution in [0.3, 0.4) is 0 Å². The van der Waals surface area contributed by atoms with E-state index in [4.69, 9.17) is 4.74 Å². The highest BCUT2D eigenvalue weighted by Crippen LogP contribution is 2.56. The molecule has 0 aromatic heterocycles. The lowest BCUT2D eigenvalue weighted by atomic mass is 9.57. The smallest absolute Gasteiger partial charge is 0.154 e. The molecule has 0 aromatic rings. The molecule has 2 saturated carbocycles. The van der Waals surface area contributed by atoms with E-state index in [1.807, 2.05) is 7.11 Å². The fraction of sp³-hybridized carbons (Fsp3) is 1.00. The van der Waals surface area contributed by atoms with Crippen LogP contribution < -0.4 is 0 Å². The van der Waals surface area contributed by atoms with Gasteiger partial charge in [-0.25, -0.2) is 8.42 Å². The van der Waals surface area contributed by atoms with E-state index in [0.717, 1.165) is 44.9 Å². The molecule has 0 spiro atoms. The van der Waals surface area contributed by atoms with Gasteiger partial charge in [-0.05, 0) is 61.2 Å². The number of methoxy groups -OCH3 is 1. The highest BCUT2D eigenvalue weighted by molar-refractivity contribution is 7.92. The SMILES string of the molecule is CCCC[C@]1(CC)CS(=O)(=O)C2CCC(OC)CC2[C@@H](C2CCCCC2)[C@H]1C. The molecule has 3 unspecified atom stereocenters. The average molecular weight is 413 g/mol. The maximum absolute atomic E-state index is 13.7. The molecule has 4 heteroatoms. The van der Waals surface area contributed by atoms with Crippen LogP contribution in [0.5, 0.6) is 0 Å². The van der Waals surface area contributed by atoms with Crippen molar-refractivity contribution in [2.75, 3.05) is 12.9 Å². The van der Waals surface area contributed by atoms with Crippen molar-refractivity contribution >= 4 is 9.84 Å². The summed E-state index contributed by atoms with van der Waals surface area (Å²) in [5.74, 6) is 2.49. The second-order valence-corrected chi connectivity index (χ2v) is 12.5. The van der Waals surface area contributed by atoms with Gasteiger partial charge in [-0.2, -0.15) is 0 Å². The Hall–Kier alpha value is -0.0900. The summed E-state index contributed by atoms with van der Waals surface area (Å²) < 4.78 is 33.2. The quantitative estimate of drug-likeness (QED) is 0.536. The maximum atomic E-state index is 13.7. The van der Waals surface area contributed by atoms with Crippen LogP contribution in [0, 0.1) is 29.1 Å². The van der Waals surface area contributed by atoms with E-state index in [-0.39, 0.29) is 16.8 Å². The molecule has 2 aliphatic carbocycles. The van der Waals surface area contributed by atoms with Gasteiger partial charge >= 0.3 is 0 Å². The van der Waals surface area contributed by atoms with E-state index in [0.29, 0.717) is 29.4 Å². The Morgan fingerprint density at radius 3 is 2.36 bits per heavy atom. The van der Waals surface area contributed by atoms with Crippen molar-refractivity contribution in [3.63, 3.8) is 0 Å². The molecule has 0 N–H and O–H groups in total. The number of unbranched alkanes of at least 4 members (excludes halogenated alkanes) is 1. The van der Waals surface area contributed by atoms with Gasteiger partial charge in [0.05, 0.1) is 17.1 Å². The summed E-state index contributed by atoms with van der Waals surface area (Å²) in [5.41, 5.74) is -0.0309. The van der Waals surface area contributed by atoms with Crippen LogP contribution in [0.25, 0.3) is 0 Å². The highest BCUT2D eigenvalue weighted by atomic mass is 32.2. The minimum absolute atomic E-state index is 0.0309. The molecule has 3 rings (SSSR count).